The number of aliphatic hydroxyl groups excluding tert-OH is 1. The number of aliphatic hydroxyl groups is 1. The molecule has 138 valence electrons. The minimum Gasteiger partial charge on any atom is -0.481 e. The van der Waals surface area contributed by atoms with Crippen LogP contribution >= 0.6 is 0 Å². The molecule has 0 aromatic rings. The van der Waals surface area contributed by atoms with Gasteiger partial charge in [0.2, 0.25) is 0 Å². The second-order valence-electron chi connectivity index (χ2n) is 9.05. The van der Waals surface area contributed by atoms with E-state index in [9.17, 15) is 19.8 Å². The third-order valence-electron chi connectivity index (χ3n) is 8.38. The summed E-state index contributed by atoms with van der Waals surface area (Å²) in [5.74, 6) is -2.04. The molecule has 2 bridgehead atoms. The van der Waals surface area contributed by atoms with Crippen molar-refractivity contribution >= 4 is 11.9 Å². The van der Waals surface area contributed by atoms with E-state index in [0.717, 1.165) is 24.8 Å². The number of rotatable bonds is 3. The molecule has 2 N–H and O–H groups in total. The van der Waals surface area contributed by atoms with Crippen molar-refractivity contribution in [3.63, 3.8) is 0 Å². The Bertz CT molecular complexity index is 669. The number of hydrogen-bond donors (Lipinski definition) is 2. The van der Waals surface area contributed by atoms with Gasteiger partial charge in [0, 0.05) is 11.8 Å². The Balaban J connectivity index is 1.96. The fourth-order valence-corrected chi connectivity index (χ4v) is 7.24. The summed E-state index contributed by atoms with van der Waals surface area (Å²) >= 11 is 0. The van der Waals surface area contributed by atoms with Crippen molar-refractivity contribution in [2.45, 2.75) is 64.6 Å². The number of carboxylic acid groups (broad SMARTS) is 1. The molecule has 0 aromatic carbocycles. The molecule has 3 saturated carbocycles. The van der Waals surface area contributed by atoms with Crippen LogP contribution in [0.15, 0.2) is 12.2 Å². The smallest absolute Gasteiger partial charge is 0.315 e. The van der Waals surface area contributed by atoms with Crippen molar-refractivity contribution < 1.29 is 24.5 Å². The number of carboxylic acids is 1. The molecule has 5 heteroatoms. The predicted octanol–water partition coefficient (Wildman–Crippen LogP) is 2.77. The number of carbonyl (C=O) groups excluding carboxylic acids is 1. The monoisotopic (exact) mass is 348 g/mol. The first kappa shape index (κ1) is 17.1. The summed E-state index contributed by atoms with van der Waals surface area (Å²) in [5.41, 5.74) is -1.18. The molecule has 1 heterocycles. The minimum absolute atomic E-state index is 0.0381. The Morgan fingerprint density at radius 3 is 2.68 bits per heavy atom. The molecule has 8 unspecified atom stereocenters. The summed E-state index contributed by atoms with van der Waals surface area (Å²) < 4.78 is 6.04. The molecular formula is C20H28O5. The van der Waals surface area contributed by atoms with Gasteiger partial charge in [0.1, 0.15) is 5.60 Å². The fourth-order valence-electron chi connectivity index (χ4n) is 7.24. The van der Waals surface area contributed by atoms with Crippen molar-refractivity contribution in [2.24, 2.45) is 34.5 Å². The highest BCUT2D eigenvalue weighted by Gasteiger charge is 2.81. The summed E-state index contributed by atoms with van der Waals surface area (Å²) in [6.45, 7) is 9.50. The van der Waals surface area contributed by atoms with E-state index in [2.05, 4.69) is 6.58 Å². The van der Waals surface area contributed by atoms with E-state index in [1.165, 1.54) is 0 Å². The second-order valence-corrected chi connectivity index (χ2v) is 9.05. The SMILES string of the molecule is C=C1CC23CC1CCC2C1(CC)OC(=O)C(C)(C(C)O)C1C3C(=O)O. The highest BCUT2D eigenvalue weighted by Crippen LogP contribution is 2.76. The zero-order chi connectivity index (χ0) is 18.4. The van der Waals surface area contributed by atoms with Crippen LogP contribution in [0.2, 0.25) is 0 Å². The Morgan fingerprint density at radius 2 is 2.12 bits per heavy atom. The van der Waals surface area contributed by atoms with E-state index >= 15 is 0 Å². The van der Waals surface area contributed by atoms with Crippen LogP contribution < -0.4 is 0 Å². The standard InChI is InChI=1S/C20H28O5/c1-5-20-13-7-6-12-9-19(13,8-10(12)2)14(16(22)23)15(20)18(4,11(3)21)17(24)25-20/h11-15,21H,2,5-9H2,1,3-4H3,(H,22,23). The van der Waals surface area contributed by atoms with E-state index in [1.54, 1.807) is 13.8 Å². The first-order valence-corrected chi connectivity index (χ1v) is 9.47. The van der Waals surface area contributed by atoms with Crippen LogP contribution in [0.25, 0.3) is 0 Å². The molecule has 1 spiro atoms. The summed E-state index contributed by atoms with van der Waals surface area (Å²) in [7, 11) is 0. The van der Waals surface area contributed by atoms with E-state index in [0.29, 0.717) is 18.8 Å². The van der Waals surface area contributed by atoms with Crippen molar-refractivity contribution in [3.8, 4) is 0 Å². The maximum Gasteiger partial charge on any atom is 0.315 e. The van der Waals surface area contributed by atoms with E-state index < -0.39 is 40.9 Å². The van der Waals surface area contributed by atoms with Gasteiger partial charge in [-0.1, -0.05) is 19.1 Å². The van der Waals surface area contributed by atoms with Gasteiger partial charge in [-0.2, -0.15) is 0 Å². The average molecular weight is 348 g/mol. The number of aliphatic carboxylic acids is 1. The van der Waals surface area contributed by atoms with E-state index in [4.69, 9.17) is 4.74 Å². The normalized spacial score (nSPS) is 51.8. The molecule has 0 radical (unpaired) electrons. The van der Waals surface area contributed by atoms with E-state index in [-0.39, 0.29) is 11.3 Å². The third kappa shape index (κ3) is 1.69. The number of hydrogen-bond acceptors (Lipinski definition) is 4. The Hall–Kier alpha value is -1.36. The molecule has 1 saturated heterocycles. The molecule has 0 aromatic heterocycles. The van der Waals surface area contributed by atoms with Gasteiger partial charge in [-0.15, -0.1) is 0 Å². The van der Waals surface area contributed by atoms with Gasteiger partial charge in [0.25, 0.3) is 0 Å². The highest BCUT2D eigenvalue weighted by atomic mass is 16.6. The predicted molar refractivity (Wildman–Crippen MR) is 90.5 cm³/mol. The molecular weight excluding hydrogens is 320 g/mol. The number of allylic oxidation sites excluding steroid dienone is 1. The summed E-state index contributed by atoms with van der Waals surface area (Å²) in [6, 6.07) is 0. The quantitative estimate of drug-likeness (QED) is 0.605. The molecule has 3 aliphatic carbocycles. The summed E-state index contributed by atoms with van der Waals surface area (Å²) in [4.78, 5) is 25.3. The summed E-state index contributed by atoms with van der Waals surface area (Å²) in [6.07, 6.45) is 3.07. The number of esters is 1. The number of fused-ring (bicyclic) bond motifs is 3. The van der Waals surface area contributed by atoms with Gasteiger partial charge < -0.3 is 14.9 Å². The molecule has 5 nitrogen and oxygen atoms in total. The lowest BCUT2D eigenvalue weighted by atomic mass is 9.62. The molecule has 0 amide bonds. The minimum atomic E-state index is -1.18. The first-order valence-electron chi connectivity index (χ1n) is 9.47. The Morgan fingerprint density at radius 1 is 1.44 bits per heavy atom. The van der Waals surface area contributed by atoms with Gasteiger partial charge in [-0.25, -0.2) is 0 Å². The van der Waals surface area contributed by atoms with Gasteiger partial charge in [-0.3, -0.25) is 9.59 Å². The van der Waals surface area contributed by atoms with Gasteiger partial charge in [-0.05, 0) is 57.3 Å². The largest absolute Gasteiger partial charge is 0.481 e. The zero-order valence-corrected chi connectivity index (χ0v) is 15.2. The maximum atomic E-state index is 12.8. The van der Waals surface area contributed by atoms with Crippen LogP contribution in [0.3, 0.4) is 0 Å². The first-order chi connectivity index (χ1) is 11.6. The lowest BCUT2D eigenvalue weighted by Crippen LogP contribution is -2.48. The van der Waals surface area contributed by atoms with Crippen molar-refractivity contribution in [1.82, 2.24) is 0 Å². The van der Waals surface area contributed by atoms with Crippen molar-refractivity contribution in [1.29, 1.82) is 0 Å². The molecule has 4 aliphatic rings. The topological polar surface area (TPSA) is 83.8 Å². The zero-order valence-electron chi connectivity index (χ0n) is 15.2. The van der Waals surface area contributed by atoms with Crippen LogP contribution in [0.5, 0.6) is 0 Å². The van der Waals surface area contributed by atoms with Crippen molar-refractivity contribution in [3.05, 3.63) is 12.2 Å². The lowest BCUT2D eigenvalue weighted by Gasteiger charge is -2.43. The molecule has 4 rings (SSSR count). The van der Waals surface area contributed by atoms with E-state index in [1.807, 2.05) is 6.92 Å². The van der Waals surface area contributed by atoms with Crippen molar-refractivity contribution in [2.75, 3.05) is 0 Å². The maximum absolute atomic E-state index is 12.8. The van der Waals surface area contributed by atoms with Crippen LogP contribution in [-0.4, -0.2) is 33.9 Å². The van der Waals surface area contributed by atoms with Crippen LogP contribution in [-0.2, 0) is 14.3 Å². The Labute approximate surface area is 148 Å². The lowest BCUT2D eigenvalue weighted by molar-refractivity contribution is -0.166. The van der Waals surface area contributed by atoms with Crippen LogP contribution in [0.1, 0.15) is 52.9 Å². The Kier molecular flexibility index (Phi) is 3.33. The van der Waals surface area contributed by atoms with Crippen LogP contribution in [0.4, 0.5) is 0 Å². The molecule has 1 aliphatic heterocycles. The third-order valence-corrected chi connectivity index (χ3v) is 8.38. The summed E-state index contributed by atoms with van der Waals surface area (Å²) in [5, 5.41) is 20.7. The average Bonchev–Trinajstić information content (AvgIpc) is 3.03. The number of carbonyl (C=O) groups is 2. The highest BCUT2D eigenvalue weighted by molar-refractivity contribution is 5.84. The van der Waals surface area contributed by atoms with Crippen LogP contribution in [0, 0.1) is 34.5 Å². The van der Waals surface area contributed by atoms with Gasteiger partial charge >= 0.3 is 11.9 Å². The second kappa shape index (κ2) is 4.87. The van der Waals surface area contributed by atoms with Gasteiger partial charge in [0.15, 0.2) is 0 Å². The molecule has 8 atom stereocenters. The fraction of sp³-hybridized carbons (Fsp3) is 0.800. The van der Waals surface area contributed by atoms with Gasteiger partial charge in [0.05, 0.1) is 17.4 Å². The number of ether oxygens (including phenoxy) is 1. The molecule has 25 heavy (non-hydrogen) atoms. The molecule has 4 fully saturated rings.